The fourth-order valence-electron chi connectivity index (χ4n) is 2.23. The quantitative estimate of drug-likeness (QED) is 0.783. The number of ether oxygens (including phenoxy) is 1. The molecule has 2 nitrogen and oxygen atoms in total. The maximum atomic E-state index is 5.96. The highest BCUT2D eigenvalue weighted by molar-refractivity contribution is 5.95. The van der Waals surface area contributed by atoms with E-state index >= 15 is 0 Å². The van der Waals surface area contributed by atoms with Gasteiger partial charge < -0.3 is 4.74 Å². The van der Waals surface area contributed by atoms with Crippen LogP contribution >= 0.6 is 0 Å². The summed E-state index contributed by atoms with van der Waals surface area (Å²) < 4.78 is 5.96. The van der Waals surface area contributed by atoms with Crippen molar-refractivity contribution in [2.75, 3.05) is 6.54 Å². The third kappa shape index (κ3) is 2.02. The van der Waals surface area contributed by atoms with E-state index in [1.54, 1.807) is 0 Å². The van der Waals surface area contributed by atoms with Gasteiger partial charge in [-0.1, -0.05) is 42.5 Å². The number of benzene rings is 2. The molecule has 1 aliphatic heterocycles. The summed E-state index contributed by atoms with van der Waals surface area (Å²) in [5.74, 6) is 0.754. The minimum absolute atomic E-state index is 0.0569. The second-order valence-corrected chi connectivity index (χ2v) is 4.47. The minimum atomic E-state index is 0.0569. The monoisotopic (exact) mass is 237 g/mol. The Bertz CT molecular complexity index is 575. The van der Waals surface area contributed by atoms with Crippen molar-refractivity contribution in [3.05, 3.63) is 71.3 Å². The van der Waals surface area contributed by atoms with Gasteiger partial charge in [0.15, 0.2) is 0 Å². The van der Waals surface area contributed by atoms with Gasteiger partial charge in [-0.15, -0.1) is 0 Å². The number of hydrogen-bond acceptors (Lipinski definition) is 2. The first-order chi connectivity index (χ1) is 8.84. The Morgan fingerprint density at radius 2 is 1.72 bits per heavy atom. The van der Waals surface area contributed by atoms with Gasteiger partial charge in [-0.25, -0.2) is 4.99 Å². The van der Waals surface area contributed by atoms with Crippen LogP contribution < -0.4 is 0 Å². The zero-order chi connectivity index (χ0) is 12.4. The predicted octanol–water partition coefficient (Wildman–Crippen LogP) is 3.51. The van der Waals surface area contributed by atoms with Crippen LogP contribution in [0.5, 0.6) is 0 Å². The molecular formula is C16H15NO. The van der Waals surface area contributed by atoms with E-state index in [1.807, 2.05) is 42.5 Å². The molecule has 0 aromatic heterocycles. The highest BCUT2D eigenvalue weighted by Gasteiger charge is 2.23. The van der Waals surface area contributed by atoms with Crippen molar-refractivity contribution in [1.29, 1.82) is 0 Å². The molecule has 1 heterocycles. The zero-order valence-electron chi connectivity index (χ0n) is 10.3. The third-order valence-corrected chi connectivity index (χ3v) is 3.21. The Labute approximate surface area is 107 Å². The molecule has 2 aromatic carbocycles. The summed E-state index contributed by atoms with van der Waals surface area (Å²) in [4.78, 5) is 4.50. The summed E-state index contributed by atoms with van der Waals surface area (Å²) in [5.41, 5.74) is 3.53. The molecule has 0 bridgehead atoms. The maximum absolute atomic E-state index is 5.96. The second kappa shape index (κ2) is 4.65. The van der Waals surface area contributed by atoms with Gasteiger partial charge >= 0.3 is 0 Å². The Morgan fingerprint density at radius 3 is 2.50 bits per heavy atom. The minimum Gasteiger partial charge on any atom is -0.467 e. The van der Waals surface area contributed by atoms with E-state index in [2.05, 4.69) is 24.0 Å². The van der Waals surface area contributed by atoms with Gasteiger partial charge in [0.2, 0.25) is 5.90 Å². The molecule has 0 amide bonds. The molecule has 3 rings (SSSR count). The van der Waals surface area contributed by atoms with Crippen molar-refractivity contribution in [3.63, 3.8) is 0 Å². The van der Waals surface area contributed by atoms with E-state index in [9.17, 15) is 0 Å². The van der Waals surface area contributed by atoms with Gasteiger partial charge in [0.25, 0.3) is 0 Å². The van der Waals surface area contributed by atoms with Crippen LogP contribution in [0.1, 0.15) is 22.8 Å². The molecule has 1 unspecified atom stereocenters. The van der Waals surface area contributed by atoms with Crippen LogP contribution in [0.25, 0.3) is 0 Å². The Kier molecular flexibility index (Phi) is 2.85. The Balaban J connectivity index is 1.81. The first kappa shape index (κ1) is 11.0. The molecule has 0 aliphatic carbocycles. The number of hydrogen-bond donors (Lipinski definition) is 0. The summed E-state index contributed by atoms with van der Waals surface area (Å²) >= 11 is 0. The Morgan fingerprint density at radius 1 is 1.00 bits per heavy atom. The van der Waals surface area contributed by atoms with Crippen molar-refractivity contribution in [2.45, 2.75) is 13.0 Å². The van der Waals surface area contributed by atoms with Gasteiger partial charge in [0.1, 0.15) is 6.10 Å². The smallest absolute Gasteiger partial charge is 0.216 e. The van der Waals surface area contributed by atoms with Crippen LogP contribution in [0.4, 0.5) is 0 Å². The van der Waals surface area contributed by atoms with E-state index in [-0.39, 0.29) is 6.10 Å². The average Bonchev–Trinajstić information content (AvgIpc) is 2.90. The van der Waals surface area contributed by atoms with Crippen molar-refractivity contribution in [1.82, 2.24) is 0 Å². The third-order valence-electron chi connectivity index (χ3n) is 3.21. The molecule has 2 heteroatoms. The van der Waals surface area contributed by atoms with Crippen molar-refractivity contribution < 1.29 is 4.74 Å². The molecular weight excluding hydrogens is 222 g/mol. The van der Waals surface area contributed by atoms with Crippen LogP contribution in [0.3, 0.4) is 0 Å². The fraction of sp³-hybridized carbons (Fsp3) is 0.188. The first-order valence-corrected chi connectivity index (χ1v) is 6.16. The number of nitrogens with zero attached hydrogens (tertiary/aromatic N) is 1. The summed E-state index contributed by atoms with van der Waals surface area (Å²) in [6, 6.07) is 18.4. The highest BCUT2D eigenvalue weighted by Crippen LogP contribution is 2.27. The first-order valence-electron chi connectivity index (χ1n) is 6.16. The molecule has 2 aromatic rings. The standard InChI is InChI=1S/C16H15NO/c1-12-7-5-6-10-14(12)15-11-17-16(18-15)13-8-3-2-4-9-13/h2-10,15H,11H2,1H3. The van der Waals surface area contributed by atoms with Crippen LogP contribution in [0, 0.1) is 6.92 Å². The largest absolute Gasteiger partial charge is 0.467 e. The summed E-state index contributed by atoms with van der Waals surface area (Å²) in [7, 11) is 0. The predicted molar refractivity (Wildman–Crippen MR) is 72.9 cm³/mol. The second-order valence-electron chi connectivity index (χ2n) is 4.47. The van der Waals surface area contributed by atoms with Crippen molar-refractivity contribution in [3.8, 4) is 0 Å². The van der Waals surface area contributed by atoms with E-state index in [0.29, 0.717) is 6.54 Å². The maximum Gasteiger partial charge on any atom is 0.216 e. The zero-order valence-corrected chi connectivity index (χ0v) is 10.3. The highest BCUT2D eigenvalue weighted by atomic mass is 16.5. The van der Waals surface area contributed by atoms with Gasteiger partial charge in [-0.3, -0.25) is 0 Å². The molecule has 90 valence electrons. The van der Waals surface area contributed by atoms with Crippen molar-refractivity contribution >= 4 is 5.90 Å². The molecule has 0 N–H and O–H groups in total. The van der Waals surface area contributed by atoms with Gasteiger partial charge in [0, 0.05) is 5.56 Å². The summed E-state index contributed by atoms with van der Waals surface area (Å²) in [6.45, 7) is 2.81. The molecule has 1 atom stereocenters. The average molecular weight is 237 g/mol. The van der Waals surface area contributed by atoms with E-state index < -0.39 is 0 Å². The van der Waals surface area contributed by atoms with Crippen LogP contribution in [0.15, 0.2) is 59.6 Å². The molecule has 0 saturated carbocycles. The summed E-state index contributed by atoms with van der Waals surface area (Å²) in [6.07, 6.45) is 0.0569. The van der Waals surface area contributed by atoms with Crippen LogP contribution in [-0.4, -0.2) is 12.4 Å². The lowest BCUT2D eigenvalue weighted by atomic mass is 10.0. The van der Waals surface area contributed by atoms with Gasteiger partial charge in [-0.2, -0.15) is 0 Å². The van der Waals surface area contributed by atoms with E-state index in [4.69, 9.17) is 4.74 Å². The molecule has 18 heavy (non-hydrogen) atoms. The van der Waals surface area contributed by atoms with Crippen LogP contribution in [0.2, 0.25) is 0 Å². The lowest BCUT2D eigenvalue weighted by molar-refractivity contribution is 0.229. The molecule has 1 aliphatic rings. The number of aliphatic imine (C=N–C) groups is 1. The SMILES string of the molecule is Cc1ccccc1C1CN=C(c2ccccc2)O1. The van der Waals surface area contributed by atoms with E-state index in [1.165, 1.54) is 11.1 Å². The van der Waals surface area contributed by atoms with Gasteiger partial charge in [0.05, 0.1) is 6.54 Å². The fourth-order valence-corrected chi connectivity index (χ4v) is 2.23. The van der Waals surface area contributed by atoms with Crippen molar-refractivity contribution in [2.24, 2.45) is 4.99 Å². The van der Waals surface area contributed by atoms with E-state index in [0.717, 1.165) is 11.5 Å². The molecule has 0 radical (unpaired) electrons. The van der Waals surface area contributed by atoms with Gasteiger partial charge in [-0.05, 0) is 30.2 Å². The molecule has 0 saturated heterocycles. The normalized spacial score (nSPS) is 18.3. The lowest BCUT2D eigenvalue weighted by Crippen LogP contribution is -2.07. The number of rotatable bonds is 2. The van der Waals surface area contributed by atoms with Crippen LogP contribution in [-0.2, 0) is 4.74 Å². The Hall–Kier alpha value is -2.09. The molecule has 0 fully saturated rings. The molecule has 0 spiro atoms. The summed E-state index contributed by atoms with van der Waals surface area (Å²) in [5, 5.41) is 0. The number of aryl methyl sites for hydroxylation is 1. The lowest BCUT2D eigenvalue weighted by Gasteiger charge is -2.13. The topological polar surface area (TPSA) is 21.6 Å².